The summed E-state index contributed by atoms with van der Waals surface area (Å²) in [5.74, 6) is 2.14. The summed E-state index contributed by atoms with van der Waals surface area (Å²) in [5.41, 5.74) is 2.54. The van der Waals surface area contributed by atoms with Gasteiger partial charge in [0.05, 0.1) is 6.04 Å². The van der Waals surface area contributed by atoms with Crippen LogP contribution in [0, 0.1) is 0 Å². The Bertz CT molecular complexity index is 533. The van der Waals surface area contributed by atoms with Gasteiger partial charge in [0.1, 0.15) is 18.1 Å². The molecule has 0 bridgehead atoms. The van der Waals surface area contributed by atoms with Crippen LogP contribution in [-0.2, 0) is 4.79 Å². The van der Waals surface area contributed by atoms with Crippen molar-refractivity contribution in [3.8, 4) is 5.75 Å². The monoisotopic (exact) mass is 345 g/mol. The van der Waals surface area contributed by atoms with Crippen molar-refractivity contribution in [3.63, 3.8) is 0 Å². The highest BCUT2D eigenvalue weighted by molar-refractivity contribution is 5.76. The maximum absolute atomic E-state index is 11.8. The van der Waals surface area contributed by atoms with E-state index in [1.54, 1.807) is 6.92 Å². The van der Waals surface area contributed by atoms with Gasteiger partial charge in [-0.3, -0.25) is 9.69 Å². The van der Waals surface area contributed by atoms with Gasteiger partial charge in [-0.25, -0.2) is 0 Å². The van der Waals surface area contributed by atoms with Gasteiger partial charge in [0.2, 0.25) is 0 Å². The molecule has 3 nitrogen and oxygen atoms in total. The highest BCUT2D eigenvalue weighted by Gasteiger charge is 2.24. The lowest BCUT2D eigenvalue weighted by Crippen LogP contribution is -2.43. The number of likely N-dealkylation sites (tertiary alicyclic amines) is 1. The predicted molar refractivity (Wildman–Crippen MR) is 105 cm³/mol. The number of rotatable bonds is 8. The van der Waals surface area contributed by atoms with E-state index in [4.69, 9.17) is 4.74 Å². The van der Waals surface area contributed by atoms with Crippen molar-refractivity contribution >= 4 is 5.78 Å². The third-order valence-corrected chi connectivity index (χ3v) is 5.17. The topological polar surface area (TPSA) is 29.5 Å². The maximum atomic E-state index is 11.8. The first-order valence-corrected chi connectivity index (χ1v) is 9.89. The average molecular weight is 346 g/mol. The summed E-state index contributed by atoms with van der Waals surface area (Å²) in [6.07, 6.45) is 4.35. The molecular weight excluding hydrogens is 310 g/mol. The van der Waals surface area contributed by atoms with Gasteiger partial charge in [-0.2, -0.15) is 0 Å². The number of hydrogen-bond acceptors (Lipinski definition) is 3. The number of para-hydroxylation sites is 1. The molecule has 0 spiro atoms. The first kappa shape index (κ1) is 20.0. The minimum absolute atomic E-state index is 0.193. The zero-order valence-corrected chi connectivity index (χ0v) is 16.7. The third-order valence-electron chi connectivity index (χ3n) is 5.17. The van der Waals surface area contributed by atoms with Crippen LogP contribution >= 0.6 is 0 Å². The van der Waals surface area contributed by atoms with Crippen LogP contribution in [-0.4, -0.2) is 36.4 Å². The van der Waals surface area contributed by atoms with E-state index in [2.05, 4.69) is 50.8 Å². The minimum atomic E-state index is 0.193. The summed E-state index contributed by atoms with van der Waals surface area (Å²) < 4.78 is 6.41. The summed E-state index contributed by atoms with van der Waals surface area (Å²) in [6, 6.07) is 6.67. The third kappa shape index (κ3) is 5.57. The van der Waals surface area contributed by atoms with Crippen LogP contribution in [0.1, 0.15) is 83.3 Å². The van der Waals surface area contributed by atoms with Crippen LogP contribution in [0.3, 0.4) is 0 Å². The largest absolute Gasteiger partial charge is 0.491 e. The number of nitrogens with zero attached hydrogens (tertiary/aromatic N) is 1. The smallest absolute Gasteiger partial charge is 0.131 e. The van der Waals surface area contributed by atoms with Gasteiger partial charge in [-0.1, -0.05) is 52.3 Å². The molecule has 1 aliphatic heterocycles. The van der Waals surface area contributed by atoms with Gasteiger partial charge in [0.25, 0.3) is 0 Å². The van der Waals surface area contributed by atoms with Crippen LogP contribution in [0.4, 0.5) is 0 Å². The lowest BCUT2D eigenvalue weighted by Gasteiger charge is -2.34. The van der Waals surface area contributed by atoms with Crippen LogP contribution in [0.15, 0.2) is 18.2 Å². The Balaban J connectivity index is 2.19. The lowest BCUT2D eigenvalue weighted by atomic mass is 9.94. The van der Waals surface area contributed by atoms with E-state index in [1.165, 1.54) is 30.4 Å². The Morgan fingerprint density at radius 3 is 2.08 bits per heavy atom. The molecule has 0 aromatic heterocycles. The number of hydrogen-bond donors (Lipinski definition) is 0. The molecule has 0 amide bonds. The van der Waals surface area contributed by atoms with E-state index < -0.39 is 0 Å². The Hall–Kier alpha value is -1.35. The normalized spacial score (nSPS) is 17.1. The molecule has 25 heavy (non-hydrogen) atoms. The van der Waals surface area contributed by atoms with Gasteiger partial charge >= 0.3 is 0 Å². The lowest BCUT2D eigenvalue weighted by molar-refractivity contribution is -0.118. The second-order valence-electron chi connectivity index (χ2n) is 8.04. The average Bonchev–Trinajstić information content (AvgIpc) is 2.58. The second-order valence-corrected chi connectivity index (χ2v) is 8.04. The summed E-state index contributed by atoms with van der Waals surface area (Å²) in [4.78, 5) is 14.2. The molecule has 1 aliphatic rings. The van der Waals surface area contributed by atoms with Crippen LogP contribution in [0.2, 0.25) is 0 Å². The summed E-state index contributed by atoms with van der Waals surface area (Å²) in [6.45, 7) is 13.3. The number of carbonyl (C=O) groups is 1. The van der Waals surface area contributed by atoms with Crippen molar-refractivity contribution in [2.75, 3.05) is 19.7 Å². The molecule has 1 aromatic carbocycles. The van der Waals surface area contributed by atoms with Gasteiger partial charge in [0.15, 0.2) is 0 Å². The van der Waals surface area contributed by atoms with E-state index in [0.717, 1.165) is 18.8 Å². The fraction of sp³-hybridized carbons (Fsp3) is 0.682. The van der Waals surface area contributed by atoms with Gasteiger partial charge in [0, 0.05) is 6.42 Å². The SMILES string of the molecule is CC(=O)CC(COc1c(C(C)C)cccc1C(C)C)N1CCCCC1. The Morgan fingerprint density at radius 1 is 1.04 bits per heavy atom. The van der Waals surface area contributed by atoms with Crippen molar-refractivity contribution in [3.05, 3.63) is 29.3 Å². The summed E-state index contributed by atoms with van der Waals surface area (Å²) in [5, 5.41) is 0. The molecule has 1 atom stereocenters. The number of ether oxygens (including phenoxy) is 1. The number of Topliss-reactive ketones (excluding diaryl/α,β-unsaturated/α-hetero) is 1. The first-order chi connectivity index (χ1) is 11.9. The molecule has 140 valence electrons. The van der Waals surface area contributed by atoms with E-state index in [-0.39, 0.29) is 11.8 Å². The van der Waals surface area contributed by atoms with Crippen LogP contribution in [0.25, 0.3) is 0 Å². The zero-order valence-electron chi connectivity index (χ0n) is 16.7. The standard InChI is InChI=1S/C22H35NO2/c1-16(2)20-10-9-11-21(17(3)4)22(20)25-15-19(14-18(5)24)23-12-7-6-8-13-23/h9-11,16-17,19H,6-8,12-15H2,1-5H3. The van der Waals surface area contributed by atoms with Crippen molar-refractivity contribution in [2.24, 2.45) is 0 Å². The van der Waals surface area contributed by atoms with Crippen molar-refractivity contribution in [1.82, 2.24) is 4.90 Å². The number of benzene rings is 1. The number of piperidine rings is 1. The second kappa shape index (κ2) is 9.38. The van der Waals surface area contributed by atoms with Gasteiger partial charge < -0.3 is 4.74 Å². The van der Waals surface area contributed by atoms with Crippen LogP contribution < -0.4 is 4.74 Å². The summed E-state index contributed by atoms with van der Waals surface area (Å²) in [7, 11) is 0. The molecule has 0 N–H and O–H groups in total. The molecule has 0 saturated carbocycles. The van der Waals surface area contributed by atoms with Crippen molar-refractivity contribution < 1.29 is 9.53 Å². The molecule has 1 fully saturated rings. The number of ketones is 1. The van der Waals surface area contributed by atoms with E-state index in [1.807, 2.05) is 0 Å². The van der Waals surface area contributed by atoms with Crippen molar-refractivity contribution in [1.29, 1.82) is 0 Å². The molecule has 2 rings (SSSR count). The van der Waals surface area contributed by atoms with E-state index >= 15 is 0 Å². The highest BCUT2D eigenvalue weighted by Crippen LogP contribution is 2.34. The quantitative estimate of drug-likeness (QED) is 0.653. The van der Waals surface area contributed by atoms with Gasteiger partial charge in [-0.15, -0.1) is 0 Å². The molecule has 3 heteroatoms. The Kier molecular flexibility index (Phi) is 7.49. The molecule has 1 aromatic rings. The minimum Gasteiger partial charge on any atom is -0.491 e. The Labute approximate surface area is 153 Å². The van der Waals surface area contributed by atoms with Gasteiger partial charge in [-0.05, 0) is 55.8 Å². The maximum Gasteiger partial charge on any atom is 0.131 e. The predicted octanol–water partition coefficient (Wildman–Crippen LogP) is 5.15. The zero-order chi connectivity index (χ0) is 18.4. The van der Waals surface area contributed by atoms with Crippen molar-refractivity contribution in [2.45, 2.75) is 78.2 Å². The Morgan fingerprint density at radius 2 is 1.60 bits per heavy atom. The molecule has 1 saturated heterocycles. The van der Waals surface area contributed by atoms with E-state index in [0.29, 0.717) is 24.9 Å². The molecule has 0 aliphatic carbocycles. The first-order valence-electron chi connectivity index (χ1n) is 9.89. The highest BCUT2D eigenvalue weighted by atomic mass is 16.5. The molecule has 1 heterocycles. The molecule has 0 radical (unpaired) electrons. The van der Waals surface area contributed by atoms with Crippen LogP contribution in [0.5, 0.6) is 5.75 Å². The fourth-order valence-electron chi connectivity index (χ4n) is 3.74. The fourth-order valence-corrected chi connectivity index (χ4v) is 3.74. The molecular formula is C22H35NO2. The number of carbonyl (C=O) groups excluding carboxylic acids is 1. The molecule has 1 unspecified atom stereocenters. The van der Waals surface area contributed by atoms with E-state index in [9.17, 15) is 4.79 Å². The summed E-state index contributed by atoms with van der Waals surface area (Å²) >= 11 is 0.